The van der Waals surface area contributed by atoms with Gasteiger partial charge in [0.1, 0.15) is 11.4 Å². The molecule has 6 rings (SSSR count). The lowest BCUT2D eigenvalue weighted by Crippen LogP contribution is -2.20. The quantitative estimate of drug-likeness (QED) is 0.218. The summed E-state index contributed by atoms with van der Waals surface area (Å²) < 4.78 is 8.19. The molecule has 7 nitrogen and oxygen atoms in total. The van der Waals surface area contributed by atoms with E-state index in [1.165, 1.54) is 0 Å². The number of aromatic nitrogens is 3. The van der Waals surface area contributed by atoms with Crippen molar-refractivity contribution in [3.63, 3.8) is 0 Å². The molecule has 0 atom stereocenters. The molecule has 1 aliphatic heterocycles. The predicted octanol–water partition coefficient (Wildman–Crippen LogP) is 7.08. The van der Waals surface area contributed by atoms with Crippen LogP contribution in [0.25, 0.3) is 32.8 Å². The first-order valence-electron chi connectivity index (χ1n) is 13.8. The second kappa shape index (κ2) is 11.0. The maximum absolute atomic E-state index is 12.8. The third-order valence-corrected chi connectivity index (χ3v) is 8.24. The summed E-state index contributed by atoms with van der Waals surface area (Å²) >= 11 is 6.91. The smallest absolute Gasteiger partial charge is 0.352 e. The largest absolute Gasteiger partial charge is 0.493 e. The molecule has 3 aromatic carbocycles. The van der Waals surface area contributed by atoms with E-state index in [-0.39, 0.29) is 0 Å². The van der Waals surface area contributed by atoms with Gasteiger partial charge >= 0.3 is 5.97 Å². The number of H-pyrrole nitrogens is 1. The molecule has 2 aromatic heterocycles. The molecule has 0 saturated carbocycles. The lowest BCUT2D eigenvalue weighted by atomic mass is 9.98. The number of benzene rings is 3. The number of carboxylic acids is 1. The van der Waals surface area contributed by atoms with Gasteiger partial charge in [0, 0.05) is 40.7 Å². The molecule has 40 heavy (non-hydrogen) atoms. The number of aryl methyl sites for hydroxylation is 3. The number of ether oxygens (including phenoxy) is 1. The van der Waals surface area contributed by atoms with Gasteiger partial charge in [-0.1, -0.05) is 54.1 Å². The fourth-order valence-corrected chi connectivity index (χ4v) is 6.36. The first kappa shape index (κ1) is 26.4. The first-order valence-corrected chi connectivity index (χ1v) is 14.2. The molecule has 0 bridgehead atoms. The van der Waals surface area contributed by atoms with Crippen LogP contribution in [0.15, 0.2) is 54.6 Å². The first-order chi connectivity index (χ1) is 19.4. The second-order valence-electron chi connectivity index (χ2n) is 10.6. The zero-order valence-electron chi connectivity index (χ0n) is 22.8. The van der Waals surface area contributed by atoms with Crippen molar-refractivity contribution in [3.05, 3.63) is 82.3 Å². The van der Waals surface area contributed by atoms with Crippen molar-refractivity contribution in [2.24, 2.45) is 0 Å². The number of rotatable bonds is 6. The maximum Gasteiger partial charge on any atom is 0.352 e. The third-order valence-electron chi connectivity index (χ3n) is 7.92. The molecule has 5 aromatic rings. The Bertz CT molecular complexity index is 1720. The van der Waals surface area contributed by atoms with E-state index in [0.717, 1.165) is 74.9 Å². The van der Waals surface area contributed by atoms with Crippen molar-refractivity contribution in [1.82, 2.24) is 19.7 Å². The number of carbonyl (C=O) groups is 1. The highest BCUT2D eigenvalue weighted by molar-refractivity contribution is 6.35. The predicted molar refractivity (Wildman–Crippen MR) is 160 cm³/mol. The second-order valence-corrected chi connectivity index (χ2v) is 11.1. The van der Waals surface area contributed by atoms with Gasteiger partial charge in [0.05, 0.1) is 22.8 Å². The topological polar surface area (TPSA) is 83.4 Å². The van der Waals surface area contributed by atoms with Gasteiger partial charge in [0.2, 0.25) is 0 Å². The van der Waals surface area contributed by atoms with Crippen LogP contribution in [0.2, 0.25) is 5.02 Å². The lowest BCUT2D eigenvalue weighted by Gasteiger charge is -2.16. The van der Waals surface area contributed by atoms with E-state index < -0.39 is 5.97 Å². The zero-order chi connectivity index (χ0) is 27.8. The molecule has 0 fully saturated rings. The van der Waals surface area contributed by atoms with E-state index in [1.807, 2.05) is 47.9 Å². The lowest BCUT2D eigenvalue weighted by molar-refractivity contribution is 0.0684. The molecule has 206 valence electrons. The van der Waals surface area contributed by atoms with Crippen LogP contribution in [-0.2, 0) is 19.5 Å². The van der Waals surface area contributed by atoms with E-state index in [0.29, 0.717) is 43.3 Å². The highest BCUT2D eigenvalue weighted by Gasteiger charge is 2.28. The Morgan fingerprint density at radius 1 is 1.05 bits per heavy atom. The summed E-state index contributed by atoms with van der Waals surface area (Å²) in [6.07, 6.45) is 3.09. The van der Waals surface area contributed by atoms with E-state index in [4.69, 9.17) is 16.3 Å². The molecule has 0 radical (unpaired) electrons. The molecule has 3 heterocycles. The molecule has 0 saturated heterocycles. The van der Waals surface area contributed by atoms with Gasteiger partial charge in [-0.3, -0.25) is 5.10 Å². The molecular weight excluding hydrogens is 524 g/mol. The van der Waals surface area contributed by atoms with Crippen LogP contribution in [0, 0.1) is 6.92 Å². The summed E-state index contributed by atoms with van der Waals surface area (Å²) in [4.78, 5) is 15.1. The number of fused-ring (bicyclic) bond motifs is 3. The van der Waals surface area contributed by atoms with Gasteiger partial charge in [-0.25, -0.2) is 4.79 Å². The number of hydrogen-bond donors (Lipinski definition) is 2. The van der Waals surface area contributed by atoms with Gasteiger partial charge in [0.15, 0.2) is 0 Å². The van der Waals surface area contributed by atoms with E-state index in [1.54, 1.807) is 0 Å². The maximum atomic E-state index is 12.8. The number of aromatic carboxylic acids is 1. The zero-order valence-corrected chi connectivity index (χ0v) is 23.6. The Morgan fingerprint density at radius 3 is 2.70 bits per heavy atom. The number of hydrogen-bond acceptors (Lipinski definition) is 4. The van der Waals surface area contributed by atoms with Crippen LogP contribution in [0.1, 0.15) is 46.7 Å². The minimum absolute atomic E-state index is 0.346. The number of halogens is 1. The summed E-state index contributed by atoms with van der Waals surface area (Å²) in [5.41, 5.74) is 5.72. The Kier molecular flexibility index (Phi) is 7.26. The number of aromatic amines is 1. The van der Waals surface area contributed by atoms with Crippen molar-refractivity contribution in [1.29, 1.82) is 0 Å². The normalized spacial score (nSPS) is 14.3. The monoisotopic (exact) mass is 556 g/mol. The van der Waals surface area contributed by atoms with Crippen LogP contribution >= 0.6 is 11.6 Å². The third kappa shape index (κ3) is 4.73. The highest BCUT2D eigenvalue weighted by Crippen LogP contribution is 2.42. The van der Waals surface area contributed by atoms with E-state index in [2.05, 4.69) is 40.3 Å². The van der Waals surface area contributed by atoms with E-state index >= 15 is 0 Å². The minimum Gasteiger partial charge on any atom is -0.493 e. The summed E-state index contributed by atoms with van der Waals surface area (Å²) in [7, 11) is 2.09. The van der Waals surface area contributed by atoms with Gasteiger partial charge in [0.25, 0.3) is 0 Å². The average molecular weight is 557 g/mol. The molecule has 8 heteroatoms. The Labute approximate surface area is 238 Å². The molecule has 0 aliphatic carbocycles. The van der Waals surface area contributed by atoms with Crippen molar-refractivity contribution >= 4 is 39.2 Å². The summed E-state index contributed by atoms with van der Waals surface area (Å²) in [6, 6.07) is 18.1. The molecule has 0 spiro atoms. The van der Waals surface area contributed by atoms with Crippen LogP contribution < -0.4 is 4.74 Å². The number of nitrogens with one attached hydrogen (secondary N) is 1. The number of nitrogens with zero attached hydrogens (tertiary/aromatic N) is 3. The number of carboxylic acid groups (broad SMARTS) is 1. The molecule has 1 aliphatic rings. The van der Waals surface area contributed by atoms with Crippen molar-refractivity contribution in [2.45, 2.75) is 45.7 Å². The van der Waals surface area contributed by atoms with Gasteiger partial charge in [-0.05, 0) is 69.3 Å². The van der Waals surface area contributed by atoms with Gasteiger partial charge in [-0.15, -0.1) is 0 Å². The fourth-order valence-electron chi connectivity index (χ4n) is 6.12. The minimum atomic E-state index is -0.917. The molecule has 0 amide bonds. The Balaban J connectivity index is 1.41. The van der Waals surface area contributed by atoms with Crippen LogP contribution in [-0.4, -0.2) is 50.9 Å². The van der Waals surface area contributed by atoms with Gasteiger partial charge in [-0.2, -0.15) is 5.10 Å². The summed E-state index contributed by atoms with van der Waals surface area (Å²) in [6.45, 7) is 4.69. The fraction of sp³-hybridized carbons (Fsp3) is 0.312. The van der Waals surface area contributed by atoms with E-state index in [9.17, 15) is 9.90 Å². The van der Waals surface area contributed by atoms with Crippen molar-refractivity contribution < 1.29 is 14.6 Å². The Hall–Kier alpha value is -3.81. The Morgan fingerprint density at radius 2 is 1.85 bits per heavy atom. The molecule has 2 N–H and O–H groups in total. The van der Waals surface area contributed by atoms with Crippen molar-refractivity contribution in [2.75, 3.05) is 20.2 Å². The molecular formula is C32H33ClN4O3. The molecule has 0 unspecified atom stereocenters. The average Bonchev–Trinajstić information content (AvgIpc) is 3.45. The SMILES string of the molecule is Cc1[nH]nc2c1-c1c(Cl)ccc3c(CCCOc4cccc5ccccc45)c(C(=O)O)n(c13)CCCCN(C)C2. The highest BCUT2D eigenvalue weighted by atomic mass is 35.5. The summed E-state index contributed by atoms with van der Waals surface area (Å²) in [5.74, 6) is -0.0742. The van der Waals surface area contributed by atoms with Crippen molar-refractivity contribution in [3.8, 4) is 16.9 Å². The van der Waals surface area contributed by atoms with Crippen LogP contribution in [0.5, 0.6) is 5.75 Å². The van der Waals surface area contributed by atoms with Gasteiger partial charge < -0.3 is 19.3 Å². The standard InChI is InChI=1S/C32H33ClN4O3/c1-20-28-26(35-34-20)19-36(2)16-5-6-17-37-30-24(14-15-25(33)29(28)30)23(31(37)32(38)39)12-8-18-40-27-13-7-10-21-9-3-4-11-22(21)27/h3-4,7,9-11,13-15H,5-6,8,12,16-19H2,1-2H3,(H,34,35)(H,38,39). The summed E-state index contributed by atoms with van der Waals surface area (Å²) in [5, 5.41) is 22.0. The van der Waals surface area contributed by atoms with Crippen LogP contribution in [0.4, 0.5) is 0 Å². The van der Waals surface area contributed by atoms with Crippen LogP contribution in [0.3, 0.4) is 0 Å².